The van der Waals surface area contributed by atoms with E-state index in [0.29, 0.717) is 6.54 Å². The van der Waals surface area contributed by atoms with Gasteiger partial charge >= 0.3 is 0 Å². The Morgan fingerprint density at radius 1 is 1.05 bits per heavy atom. The summed E-state index contributed by atoms with van der Waals surface area (Å²) < 4.78 is 0. The van der Waals surface area contributed by atoms with Crippen LogP contribution in [0, 0.1) is 0 Å². The van der Waals surface area contributed by atoms with E-state index in [0.717, 1.165) is 36.0 Å². The van der Waals surface area contributed by atoms with Crippen LogP contribution in [-0.2, 0) is 13.0 Å². The largest absolute Gasteiger partial charge is 0.360 e. The third kappa shape index (κ3) is 2.34. The maximum absolute atomic E-state index is 12.7. The Bertz CT molecular complexity index is 834. The maximum atomic E-state index is 12.7. The summed E-state index contributed by atoms with van der Waals surface area (Å²) in [6.45, 7) is 2.55. The lowest BCUT2D eigenvalue weighted by atomic mass is 9.99. The number of H-pyrrole nitrogens is 1. The van der Waals surface area contributed by atoms with Crippen molar-refractivity contribution in [2.75, 3.05) is 13.1 Å². The van der Waals surface area contributed by atoms with E-state index >= 15 is 0 Å². The van der Waals surface area contributed by atoms with E-state index in [1.807, 2.05) is 30.5 Å². The normalized spacial score (nSPS) is 17.4. The first-order valence-corrected chi connectivity index (χ1v) is 7.81. The van der Waals surface area contributed by atoms with Crippen molar-refractivity contribution in [3.05, 3.63) is 71.4 Å². The van der Waals surface area contributed by atoms with Crippen molar-refractivity contribution in [1.29, 1.82) is 0 Å². The Labute approximate surface area is 129 Å². The van der Waals surface area contributed by atoms with Crippen LogP contribution in [0.15, 0.2) is 54.7 Å². The molecule has 0 radical (unpaired) electrons. The minimum atomic E-state index is 0.229. The van der Waals surface area contributed by atoms with Crippen molar-refractivity contribution < 1.29 is 9.69 Å². The molecule has 0 aliphatic carbocycles. The zero-order chi connectivity index (χ0) is 14.9. The smallest absolute Gasteiger partial charge is 0.219 e. The van der Waals surface area contributed by atoms with Gasteiger partial charge in [-0.3, -0.25) is 4.79 Å². The molecule has 3 aromatic rings. The van der Waals surface area contributed by atoms with Gasteiger partial charge in [0.05, 0.1) is 6.54 Å². The summed E-state index contributed by atoms with van der Waals surface area (Å²) in [6, 6.07) is 16.6. The van der Waals surface area contributed by atoms with Gasteiger partial charge in [-0.2, -0.15) is 0 Å². The molecule has 0 spiro atoms. The number of nitrogens with one attached hydrogen (secondary N) is 2. The standard InChI is InChI=1S/C19H18N2O/c22-19(17-11-20-18-8-4-3-7-16(17)18)13-21-10-9-14-5-1-2-6-15(14)12-21/h1-8,11,20H,9-10,12-13H2/p+1. The van der Waals surface area contributed by atoms with E-state index in [4.69, 9.17) is 0 Å². The summed E-state index contributed by atoms with van der Waals surface area (Å²) in [5, 5.41) is 1.03. The third-order valence-electron chi connectivity index (χ3n) is 4.61. The number of carbonyl (C=O) groups is 1. The number of Topliss-reactive ketones (excluding diaryl/α,β-unsaturated/α-hetero) is 1. The lowest BCUT2D eigenvalue weighted by molar-refractivity contribution is -0.907. The number of aromatic amines is 1. The molecule has 1 unspecified atom stereocenters. The fraction of sp³-hybridized carbons (Fsp3) is 0.211. The molecular weight excluding hydrogens is 272 g/mol. The van der Waals surface area contributed by atoms with Crippen LogP contribution < -0.4 is 4.90 Å². The summed E-state index contributed by atoms with van der Waals surface area (Å²) in [4.78, 5) is 17.2. The van der Waals surface area contributed by atoms with Crippen LogP contribution in [-0.4, -0.2) is 23.9 Å². The molecule has 1 aliphatic rings. The van der Waals surface area contributed by atoms with Crippen LogP contribution in [0.2, 0.25) is 0 Å². The predicted octanol–water partition coefficient (Wildman–Crippen LogP) is 1.99. The fourth-order valence-electron chi connectivity index (χ4n) is 3.42. The first-order valence-electron chi connectivity index (χ1n) is 7.81. The SMILES string of the molecule is O=C(C[NH+]1CCc2ccccc2C1)c1c[nH]c2ccccc12. The van der Waals surface area contributed by atoms with Crippen LogP contribution in [0.3, 0.4) is 0 Å². The number of fused-ring (bicyclic) bond motifs is 2. The zero-order valence-electron chi connectivity index (χ0n) is 12.4. The molecule has 2 aromatic carbocycles. The van der Waals surface area contributed by atoms with Crippen LogP contribution in [0.1, 0.15) is 21.5 Å². The maximum Gasteiger partial charge on any atom is 0.219 e. The highest BCUT2D eigenvalue weighted by molar-refractivity contribution is 6.08. The van der Waals surface area contributed by atoms with Gasteiger partial charge in [0.2, 0.25) is 5.78 Å². The number of para-hydroxylation sites is 1. The Hall–Kier alpha value is -2.39. The Morgan fingerprint density at radius 3 is 2.73 bits per heavy atom. The van der Waals surface area contributed by atoms with Gasteiger partial charge in [-0.25, -0.2) is 0 Å². The Balaban J connectivity index is 1.53. The average Bonchev–Trinajstić information content (AvgIpc) is 2.99. The minimum Gasteiger partial charge on any atom is -0.360 e. The first kappa shape index (κ1) is 13.3. The van der Waals surface area contributed by atoms with Crippen molar-refractivity contribution in [2.45, 2.75) is 13.0 Å². The molecule has 2 N–H and O–H groups in total. The molecule has 1 atom stereocenters. The number of quaternary nitrogens is 1. The molecule has 3 nitrogen and oxygen atoms in total. The summed E-state index contributed by atoms with van der Waals surface area (Å²) in [6.07, 6.45) is 2.91. The lowest BCUT2D eigenvalue weighted by Gasteiger charge is -2.25. The van der Waals surface area contributed by atoms with E-state index in [9.17, 15) is 4.79 Å². The number of ketones is 1. The quantitative estimate of drug-likeness (QED) is 0.712. The van der Waals surface area contributed by atoms with E-state index in [2.05, 4.69) is 29.2 Å². The van der Waals surface area contributed by atoms with Gasteiger partial charge in [0.25, 0.3) is 0 Å². The first-order chi connectivity index (χ1) is 10.8. The van der Waals surface area contributed by atoms with Crippen LogP contribution in [0.5, 0.6) is 0 Å². The fourth-order valence-corrected chi connectivity index (χ4v) is 3.42. The second kappa shape index (κ2) is 5.43. The number of hydrogen-bond acceptors (Lipinski definition) is 1. The van der Waals surface area contributed by atoms with Crippen molar-refractivity contribution >= 4 is 16.7 Å². The third-order valence-corrected chi connectivity index (χ3v) is 4.61. The van der Waals surface area contributed by atoms with Crippen LogP contribution >= 0.6 is 0 Å². The molecule has 22 heavy (non-hydrogen) atoms. The minimum absolute atomic E-state index is 0.229. The zero-order valence-corrected chi connectivity index (χ0v) is 12.4. The molecule has 4 rings (SSSR count). The molecule has 0 fully saturated rings. The molecule has 1 aromatic heterocycles. The second-order valence-electron chi connectivity index (χ2n) is 6.04. The highest BCUT2D eigenvalue weighted by Crippen LogP contribution is 2.18. The molecule has 2 heterocycles. The summed E-state index contributed by atoms with van der Waals surface area (Å²) in [7, 11) is 0. The van der Waals surface area contributed by atoms with Gasteiger partial charge in [0.15, 0.2) is 0 Å². The van der Waals surface area contributed by atoms with E-state index in [1.165, 1.54) is 16.0 Å². The second-order valence-corrected chi connectivity index (χ2v) is 6.04. The monoisotopic (exact) mass is 291 g/mol. The van der Waals surface area contributed by atoms with Gasteiger partial charge in [-0.15, -0.1) is 0 Å². The van der Waals surface area contributed by atoms with E-state index < -0.39 is 0 Å². The van der Waals surface area contributed by atoms with Crippen molar-refractivity contribution in [3.63, 3.8) is 0 Å². The van der Waals surface area contributed by atoms with Crippen LogP contribution in [0.4, 0.5) is 0 Å². The number of carbonyl (C=O) groups excluding carboxylic acids is 1. The average molecular weight is 291 g/mol. The summed E-state index contributed by atoms with van der Waals surface area (Å²) >= 11 is 0. The molecule has 110 valence electrons. The topological polar surface area (TPSA) is 37.3 Å². The molecule has 0 amide bonds. The van der Waals surface area contributed by atoms with Gasteiger partial charge in [0.1, 0.15) is 13.1 Å². The number of hydrogen-bond donors (Lipinski definition) is 2. The molecule has 3 heteroatoms. The molecule has 0 bridgehead atoms. The van der Waals surface area contributed by atoms with Gasteiger partial charge < -0.3 is 9.88 Å². The Morgan fingerprint density at radius 2 is 1.82 bits per heavy atom. The summed E-state index contributed by atoms with van der Waals surface area (Å²) in [5.74, 6) is 0.229. The van der Waals surface area contributed by atoms with Gasteiger partial charge in [-0.05, 0) is 11.6 Å². The van der Waals surface area contributed by atoms with Gasteiger partial charge in [0, 0.05) is 34.6 Å². The number of benzene rings is 2. The lowest BCUT2D eigenvalue weighted by Crippen LogP contribution is -3.12. The number of aromatic nitrogens is 1. The molecule has 1 aliphatic heterocycles. The highest BCUT2D eigenvalue weighted by atomic mass is 16.1. The van der Waals surface area contributed by atoms with Crippen molar-refractivity contribution in [2.24, 2.45) is 0 Å². The van der Waals surface area contributed by atoms with E-state index in [1.54, 1.807) is 0 Å². The molecule has 0 saturated heterocycles. The van der Waals surface area contributed by atoms with Crippen molar-refractivity contribution in [1.82, 2.24) is 4.98 Å². The number of rotatable bonds is 3. The highest BCUT2D eigenvalue weighted by Gasteiger charge is 2.23. The summed E-state index contributed by atoms with van der Waals surface area (Å²) in [5.41, 5.74) is 4.67. The Kier molecular flexibility index (Phi) is 3.28. The molecule has 0 saturated carbocycles. The molecular formula is C19H19N2O+. The van der Waals surface area contributed by atoms with Gasteiger partial charge in [-0.1, -0.05) is 42.5 Å². The van der Waals surface area contributed by atoms with E-state index in [-0.39, 0.29) is 5.78 Å². The van der Waals surface area contributed by atoms with Crippen molar-refractivity contribution in [3.8, 4) is 0 Å². The van der Waals surface area contributed by atoms with Crippen LogP contribution in [0.25, 0.3) is 10.9 Å². The predicted molar refractivity (Wildman–Crippen MR) is 87.2 cm³/mol.